The van der Waals surface area contributed by atoms with Gasteiger partial charge in [-0.1, -0.05) is 11.6 Å². The molecule has 2 saturated heterocycles. The molecular weight excluding hydrogens is 320 g/mol. The number of nitrogens with one attached hydrogen (secondary N) is 2. The molecular formula is C15H15ClN4O3. The van der Waals surface area contributed by atoms with Crippen molar-refractivity contribution in [2.75, 3.05) is 18.0 Å². The topological polar surface area (TPSA) is 98.3 Å². The SMILES string of the molecule is Cc1c(Cl)c(N2C[C@@H]3C[C@H]2CN3)nc2[nH]cc(C(=O)O)c(=O)c12. The van der Waals surface area contributed by atoms with Crippen molar-refractivity contribution in [3.8, 4) is 0 Å². The smallest absolute Gasteiger partial charge is 0.341 e. The molecule has 3 N–H and O–H groups in total. The number of anilines is 1. The lowest BCUT2D eigenvalue weighted by molar-refractivity contribution is 0.0695. The first-order chi connectivity index (χ1) is 11.0. The number of aromatic amines is 1. The summed E-state index contributed by atoms with van der Waals surface area (Å²) >= 11 is 6.47. The monoisotopic (exact) mass is 334 g/mol. The van der Waals surface area contributed by atoms with E-state index in [4.69, 9.17) is 16.7 Å². The van der Waals surface area contributed by atoms with Gasteiger partial charge in [-0.25, -0.2) is 9.78 Å². The van der Waals surface area contributed by atoms with E-state index in [9.17, 15) is 9.59 Å². The Morgan fingerprint density at radius 1 is 1.52 bits per heavy atom. The second-order valence-electron chi connectivity index (χ2n) is 6.08. The fourth-order valence-electron chi connectivity index (χ4n) is 3.56. The lowest BCUT2D eigenvalue weighted by Crippen LogP contribution is -2.44. The maximum Gasteiger partial charge on any atom is 0.341 e. The van der Waals surface area contributed by atoms with Gasteiger partial charge in [0.15, 0.2) is 5.82 Å². The molecule has 4 heterocycles. The van der Waals surface area contributed by atoms with Crippen LogP contribution in [0.15, 0.2) is 11.0 Å². The summed E-state index contributed by atoms with van der Waals surface area (Å²) in [5, 5.41) is 13.2. The van der Waals surface area contributed by atoms with E-state index in [-0.39, 0.29) is 10.9 Å². The van der Waals surface area contributed by atoms with Crippen LogP contribution in [-0.4, -0.2) is 46.2 Å². The number of pyridine rings is 2. The molecule has 0 radical (unpaired) electrons. The Kier molecular flexibility index (Phi) is 3.11. The molecule has 0 amide bonds. The van der Waals surface area contributed by atoms with Crippen LogP contribution in [-0.2, 0) is 0 Å². The number of rotatable bonds is 2. The molecule has 0 aliphatic carbocycles. The molecule has 0 unspecified atom stereocenters. The minimum Gasteiger partial charge on any atom is -0.477 e. The maximum absolute atomic E-state index is 12.4. The van der Waals surface area contributed by atoms with Crippen LogP contribution in [0.4, 0.5) is 5.82 Å². The third kappa shape index (κ3) is 2.04. The summed E-state index contributed by atoms with van der Waals surface area (Å²) in [5.41, 5.74) is 0.0596. The number of carboxylic acid groups (broad SMARTS) is 1. The van der Waals surface area contributed by atoms with E-state index in [1.165, 1.54) is 6.20 Å². The number of carbonyl (C=O) groups is 1. The zero-order valence-corrected chi connectivity index (χ0v) is 13.1. The van der Waals surface area contributed by atoms with E-state index >= 15 is 0 Å². The number of aromatic nitrogens is 2. The summed E-state index contributed by atoms with van der Waals surface area (Å²) < 4.78 is 0. The Morgan fingerprint density at radius 3 is 2.91 bits per heavy atom. The Bertz CT molecular complexity index is 894. The van der Waals surface area contributed by atoms with Crippen molar-refractivity contribution >= 4 is 34.4 Å². The van der Waals surface area contributed by atoms with Crippen LogP contribution >= 0.6 is 11.6 Å². The maximum atomic E-state index is 12.4. The van der Waals surface area contributed by atoms with Crippen LogP contribution in [0.3, 0.4) is 0 Å². The molecule has 4 rings (SSSR count). The van der Waals surface area contributed by atoms with Crippen molar-refractivity contribution in [3.63, 3.8) is 0 Å². The molecule has 2 aliphatic heterocycles. The largest absolute Gasteiger partial charge is 0.477 e. The van der Waals surface area contributed by atoms with Crippen LogP contribution in [0.1, 0.15) is 22.3 Å². The molecule has 0 spiro atoms. The second-order valence-corrected chi connectivity index (χ2v) is 6.46. The van der Waals surface area contributed by atoms with Crippen LogP contribution in [0.25, 0.3) is 11.0 Å². The fraction of sp³-hybridized carbons (Fsp3) is 0.400. The van der Waals surface area contributed by atoms with Crippen LogP contribution in [0.5, 0.6) is 0 Å². The van der Waals surface area contributed by atoms with Crippen LogP contribution in [0.2, 0.25) is 5.02 Å². The zero-order chi connectivity index (χ0) is 16.3. The standard InChI is InChI=1S/C15H15ClN4O3/c1-6-10-12(21)9(15(22)23)4-18-13(10)19-14(11(6)16)20-5-7-2-8(20)3-17-7/h4,7-8,17H,2-3,5H2,1H3,(H,22,23)(H,18,19,21)/t7-,8-/m0/s1. The molecule has 2 aromatic rings. The lowest BCUT2D eigenvalue weighted by atomic mass is 10.1. The van der Waals surface area contributed by atoms with Gasteiger partial charge in [0.2, 0.25) is 5.43 Å². The molecule has 7 nitrogen and oxygen atoms in total. The van der Waals surface area contributed by atoms with Crippen molar-refractivity contribution in [3.05, 3.63) is 32.6 Å². The molecule has 0 saturated carbocycles. The summed E-state index contributed by atoms with van der Waals surface area (Å²) in [6.45, 7) is 3.46. The minimum absolute atomic E-state index is 0.237. The highest BCUT2D eigenvalue weighted by Gasteiger charge is 2.39. The summed E-state index contributed by atoms with van der Waals surface area (Å²) in [7, 11) is 0. The number of halogens is 1. The number of aromatic carboxylic acids is 1. The summed E-state index contributed by atoms with van der Waals surface area (Å²) in [4.78, 5) is 33.0. The van der Waals surface area contributed by atoms with Gasteiger partial charge in [-0.2, -0.15) is 0 Å². The van der Waals surface area contributed by atoms with Gasteiger partial charge >= 0.3 is 5.97 Å². The average Bonchev–Trinajstić information content (AvgIpc) is 3.13. The van der Waals surface area contributed by atoms with E-state index in [1.54, 1.807) is 6.92 Å². The van der Waals surface area contributed by atoms with E-state index in [0.717, 1.165) is 19.5 Å². The highest BCUT2D eigenvalue weighted by atomic mass is 35.5. The Morgan fingerprint density at radius 2 is 2.30 bits per heavy atom. The lowest BCUT2D eigenvalue weighted by Gasteiger charge is -2.29. The highest BCUT2D eigenvalue weighted by Crippen LogP contribution is 2.36. The predicted octanol–water partition coefficient (Wildman–Crippen LogP) is 1.13. The second kappa shape index (κ2) is 4.94. The van der Waals surface area contributed by atoms with E-state index in [1.807, 2.05) is 0 Å². The molecule has 2 fully saturated rings. The van der Waals surface area contributed by atoms with Crippen LogP contribution < -0.4 is 15.6 Å². The first kappa shape index (κ1) is 14.5. The van der Waals surface area contributed by atoms with E-state index in [2.05, 4.69) is 20.2 Å². The van der Waals surface area contributed by atoms with Gasteiger partial charge in [-0.3, -0.25) is 4.79 Å². The quantitative estimate of drug-likeness (QED) is 0.761. The first-order valence-electron chi connectivity index (χ1n) is 7.42. The van der Waals surface area contributed by atoms with Crippen molar-refractivity contribution in [2.24, 2.45) is 0 Å². The third-order valence-electron chi connectivity index (χ3n) is 4.74. The Hall–Kier alpha value is -2.12. The zero-order valence-electron chi connectivity index (χ0n) is 12.4. The van der Waals surface area contributed by atoms with Gasteiger partial charge in [-0.05, 0) is 18.9 Å². The van der Waals surface area contributed by atoms with E-state index < -0.39 is 11.4 Å². The summed E-state index contributed by atoms with van der Waals surface area (Å²) in [5.74, 6) is -0.611. The summed E-state index contributed by atoms with van der Waals surface area (Å²) in [6, 6.07) is 0.800. The molecule has 2 aliphatic rings. The van der Waals surface area contributed by atoms with Crippen molar-refractivity contribution in [1.82, 2.24) is 15.3 Å². The van der Waals surface area contributed by atoms with Crippen molar-refractivity contribution in [1.29, 1.82) is 0 Å². The van der Waals surface area contributed by atoms with Gasteiger partial charge in [-0.15, -0.1) is 0 Å². The number of nitrogens with zero attached hydrogens (tertiary/aromatic N) is 2. The number of fused-ring (bicyclic) bond motifs is 3. The fourth-order valence-corrected chi connectivity index (χ4v) is 3.80. The van der Waals surface area contributed by atoms with Crippen LogP contribution in [0, 0.1) is 6.92 Å². The molecule has 8 heteroatoms. The van der Waals surface area contributed by atoms with Gasteiger partial charge in [0.05, 0.1) is 10.4 Å². The number of hydrogen-bond acceptors (Lipinski definition) is 5. The molecule has 120 valence electrons. The molecule has 2 bridgehead atoms. The van der Waals surface area contributed by atoms with Crippen molar-refractivity contribution < 1.29 is 9.90 Å². The number of piperazine rings is 1. The molecule has 2 aromatic heterocycles. The number of hydrogen-bond donors (Lipinski definition) is 3. The minimum atomic E-state index is -1.27. The van der Waals surface area contributed by atoms with Gasteiger partial charge in [0.25, 0.3) is 0 Å². The predicted molar refractivity (Wildman–Crippen MR) is 86.6 cm³/mol. The Labute approximate surface area is 136 Å². The Balaban J connectivity index is 1.92. The summed E-state index contributed by atoms with van der Waals surface area (Å²) in [6.07, 6.45) is 2.25. The van der Waals surface area contributed by atoms with Gasteiger partial charge in [0.1, 0.15) is 11.2 Å². The van der Waals surface area contributed by atoms with Gasteiger partial charge in [0, 0.05) is 31.4 Å². The van der Waals surface area contributed by atoms with E-state index in [0.29, 0.717) is 34.1 Å². The first-order valence-corrected chi connectivity index (χ1v) is 7.80. The highest BCUT2D eigenvalue weighted by molar-refractivity contribution is 6.34. The van der Waals surface area contributed by atoms with Crippen molar-refractivity contribution in [2.45, 2.75) is 25.4 Å². The molecule has 23 heavy (non-hydrogen) atoms. The molecule has 0 aromatic carbocycles. The third-order valence-corrected chi connectivity index (χ3v) is 5.19. The number of H-pyrrole nitrogens is 1. The number of aryl methyl sites for hydroxylation is 1. The molecule has 2 atom stereocenters. The number of carboxylic acids is 1. The normalized spacial score (nSPS) is 23.0. The average molecular weight is 335 g/mol. The van der Waals surface area contributed by atoms with Gasteiger partial charge < -0.3 is 20.3 Å².